The maximum Gasteiger partial charge on any atom is 0.233 e. The molecule has 0 aliphatic heterocycles. The van der Waals surface area contributed by atoms with Gasteiger partial charge in [-0.2, -0.15) is 0 Å². The molecule has 0 unspecified atom stereocenters. The Kier molecular flexibility index (Phi) is 8.23. The number of nitrogens with one attached hydrogen (secondary N) is 1. The summed E-state index contributed by atoms with van der Waals surface area (Å²) in [5.74, 6) is 0.838. The maximum absolute atomic E-state index is 12.6. The lowest BCUT2D eigenvalue weighted by Gasteiger charge is -2.31. The van der Waals surface area contributed by atoms with Gasteiger partial charge in [0.1, 0.15) is 0 Å². The molecule has 0 aromatic rings. The molecule has 0 aromatic heterocycles. The highest BCUT2D eigenvalue weighted by molar-refractivity contribution is 7.80. The Hall–Kier alpha value is -0.640. The van der Waals surface area contributed by atoms with Crippen molar-refractivity contribution in [3.05, 3.63) is 0 Å². The summed E-state index contributed by atoms with van der Waals surface area (Å²) < 4.78 is 0. The van der Waals surface area contributed by atoms with Gasteiger partial charge in [0, 0.05) is 6.54 Å². The van der Waals surface area contributed by atoms with Crippen LogP contribution < -0.4 is 11.1 Å². The van der Waals surface area contributed by atoms with Crippen LogP contribution in [0.15, 0.2) is 0 Å². The Labute approximate surface area is 135 Å². The smallest absolute Gasteiger partial charge is 0.233 e. The van der Waals surface area contributed by atoms with Gasteiger partial charge in [0.05, 0.1) is 10.4 Å². The minimum Gasteiger partial charge on any atom is -0.392 e. The molecule has 1 amide bonds. The van der Waals surface area contributed by atoms with Gasteiger partial charge in [-0.25, -0.2) is 0 Å². The molecule has 0 spiro atoms. The van der Waals surface area contributed by atoms with E-state index in [4.69, 9.17) is 18.0 Å². The second-order valence-electron chi connectivity index (χ2n) is 6.49. The largest absolute Gasteiger partial charge is 0.392 e. The maximum atomic E-state index is 12.6. The highest BCUT2D eigenvalue weighted by atomic mass is 32.1. The number of rotatable bonds is 9. The lowest BCUT2D eigenvalue weighted by atomic mass is 9.78. The van der Waals surface area contributed by atoms with Gasteiger partial charge in [-0.1, -0.05) is 71.0 Å². The van der Waals surface area contributed by atoms with Gasteiger partial charge in [-0.15, -0.1) is 0 Å². The zero-order valence-electron chi connectivity index (χ0n) is 13.7. The molecule has 1 aliphatic carbocycles. The van der Waals surface area contributed by atoms with Crippen molar-refractivity contribution in [2.75, 3.05) is 6.54 Å². The molecule has 0 atom stereocenters. The van der Waals surface area contributed by atoms with Crippen molar-refractivity contribution in [2.24, 2.45) is 17.1 Å². The number of hydrogen-bond acceptors (Lipinski definition) is 2. The second kappa shape index (κ2) is 9.39. The summed E-state index contributed by atoms with van der Waals surface area (Å²) in [6.45, 7) is 4.93. The van der Waals surface area contributed by atoms with Crippen LogP contribution in [0.2, 0.25) is 0 Å². The predicted molar refractivity (Wildman–Crippen MR) is 93.2 cm³/mol. The molecule has 4 heteroatoms. The summed E-state index contributed by atoms with van der Waals surface area (Å²) in [4.78, 5) is 13.0. The van der Waals surface area contributed by atoms with Crippen molar-refractivity contribution in [3.8, 4) is 0 Å². The lowest BCUT2D eigenvalue weighted by Crippen LogP contribution is -2.49. The lowest BCUT2D eigenvalue weighted by molar-refractivity contribution is -0.128. The molecule has 3 nitrogen and oxygen atoms in total. The van der Waals surface area contributed by atoms with Crippen LogP contribution >= 0.6 is 12.2 Å². The van der Waals surface area contributed by atoms with Gasteiger partial charge in [-0.05, 0) is 25.2 Å². The van der Waals surface area contributed by atoms with Crippen molar-refractivity contribution in [2.45, 2.75) is 78.1 Å². The number of hydrogen-bond donors (Lipinski definition) is 2. The monoisotopic (exact) mass is 312 g/mol. The molecule has 1 aliphatic rings. The molecule has 1 saturated carbocycles. The van der Waals surface area contributed by atoms with Crippen molar-refractivity contribution in [1.82, 2.24) is 5.32 Å². The Morgan fingerprint density at radius 2 is 1.76 bits per heavy atom. The number of nitrogens with two attached hydrogens (primary N) is 1. The third-order valence-electron chi connectivity index (χ3n) is 4.82. The minimum absolute atomic E-state index is 0.0505. The van der Waals surface area contributed by atoms with Crippen LogP contribution in [0.4, 0.5) is 0 Å². The number of thiocarbonyl (C=S) groups is 1. The molecule has 0 radical (unpaired) electrons. The molecule has 3 N–H and O–H groups in total. The molecule has 0 aromatic carbocycles. The van der Waals surface area contributed by atoms with E-state index in [1.165, 1.54) is 32.1 Å². The summed E-state index contributed by atoms with van der Waals surface area (Å²) in [6.07, 6.45) is 11.2. The zero-order chi connectivity index (χ0) is 15.7. The fraction of sp³-hybridized carbons (Fsp3) is 0.882. The standard InChI is InChI=1S/C17H32N2OS/c1-3-11-17(12-4-2,15(18)21)16(20)19-13-10-14-8-6-5-7-9-14/h14H,3-13H2,1-2H3,(H2,18,21)(H,19,20). The SMILES string of the molecule is CCCC(CCC)(C(=O)NCCC1CCCCC1)C(N)=S. The Balaban J connectivity index is 2.52. The van der Waals surface area contributed by atoms with Crippen molar-refractivity contribution in [3.63, 3.8) is 0 Å². The van der Waals surface area contributed by atoms with Crippen LogP contribution in [0.3, 0.4) is 0 Å². The normalized spacial score (nSPS) is 16.7. The molecular weight excluding hydrogens is 280 g/mol. The molecule has 0 saturated heterocycles. The van der Waals surface area contributed by atoms with E-state index in [-0.39, 0.29) is 5.91 Å². The first-order valence-corrected chi connectivity index (χ1v) is 9.05. The van der Waals surface area contributed by atoms with Crippen LogP contribution in [0.5, 0.6) is 0 Å². The molecule has 0 heterocycles. The quantitative estimate of drug-likeness (QED) is 0.634. The van der Waals surface area contributed by atoms with E-state index >= 15 is 0 Å². The average Bonchev–Trinajstić information content (AvgIpc) is 2.47. The first kappa shape index (κ1) is 18.4. The van der Waals surface area contributed by atoms with E-state index in [2.05, 4.69) is 19.2 Å². The van der Waals surface area contributed by atoms with Crippen LogP contribution in [-0.4, -0.2) is 17.4 Å². The third kappa shape index (κ3) is 5.24. The van der Waals surface area contributed by atoms with E-state index < -0.39 is 5.41 Å². The van der Waals surface area contributed by atoms with Gasteiger partial charge in [-0.3, -0.25) is 4.79 Å². The third-order valence-corrected chi connectivity index (χ3v) is 5.21. The molecule has 0 bridgehead atoms. The van der Waals surface area contributed by atoms with Crippen molar-refractivity contribution < 1.29 is 4.79 Å². The first-order valence-electron chi connectivity index (χ1n) is 8.65. The van der Waals surface area contributed by atoms with Gasteiger partial charge in [0.2, 0.25) is 5.91 Å². The Bertz CT molecular complexity index is 332. The summed E-state index contributed by atoms with van der Waals surface area (Å²) in [5, 5.41) is 3.12. The van der Waals surface area contributed by atoms with E-state index in [9.17, 15) is 4.79 Å². The minimum atomic E-state index is -0.634. The summed E-state index contributed by atoms with van der Waals surface area (Å²) >= 11 is 5.23. The molecule has 1 fully saturated rings. The summed E-state index contributed by atoms with van der Waals surface area (Å²) in [7, 11) is 0. The highest BCUT2D eigenvalue weighted by Gasteiger charge is 2.39. The van der Waals surface area contributed by atoms with E-state index in [0.29, 0.717) is 4.99 Å². The van der Waals surface area contributed by atoms with Crippen LogP contribution in [-0.2, 0) is 4.79 Å². The fourth-order valence-electron chi connectivity index (χ4n) is 3.60. The Morgan fingerprint density at radius 1 is 1.19 bits per heavy atom. The molecule has 1 rings (SSSR count). The van der Waals surface area contributed by atoms with Gasteiger partial charge >= 0.3 is 0 Å². The van der Waals surface area contributed by atoms with Crippen molar-refractivity contribution >= 4 is 23.1 Å². The molecule has 122 valence electrons. The van der Waals surface area contributed by atoms with Crippen LogP contribution in [0, 0.1) is 11.3 Å². The highest BCUT2D eigenvalue weighted by Crippen LogP contribution is 2.31. The summed E-state index contributed by atoms with van der Waals surface area (Å²) in [6, 6.07) is 0. The van der Waals surface area contributed by atoms with Crippen LogP contribution in [0.25, 0.3) is 0 Å². The van der Waals surface area contributed by atoms with Gasteiger partial charge < -0.3 is 11.1 Å². The van der Waals surface area contributed by atoms with Gasteiger partial charge in [0.15, 0.2) is 0 Å². The topological polar surface area (TPSA) is 55.1 Å². The van der Waals surface area contributed by atoms with E-state index in [0.717, 1.165) is 44.6 Å². The second-order valence-corrected chi connectivity index (χ2v) is 6.93. The molecule has 21 heavy (non-hydrogen) atoms. The number of carbonyl (C=O) groups excluding carboxylic acids is 1. The number of amides is 1. The van der Waals surface area contributed by atoms with Gasteiger partial charge in [0.25, 0.3) is 0 Å². The van der Waals surface area contributed by atoms with Crippen LogP contribution in [0.1, 0.15) is 78.1 Å². The van der Waals surface area contributed by atoms with Crippen molar-refractivity contribution in [1.29, 1.82) is 0 Å². The fourth-order valence-corrected chi connectivity index (χ4v) is 3.90. The average molecular weight is 313 g/mol. The number of carbonyl (C=O) groups is 1. The molecular formula is C17H32N2OS. The van der Waals surface area contributed by atoms with E-state index in [1.54, 1.807) is 0 Å². The Morgan fingerprint density at radius 3 is 2.24 bits per heavy atom. The zero-order valence-corrected chi connectivity index (χ0v) is 14.6. The summed E-state index contributed by atoms with van der Waals surface area (Å²) in [5.41, 5.74) is 5.30. The predicted octanol–water partition coefficient (Wildman–Crippen LogP) is 3.95. The first-order chi connectivity index (χ1) is 10.1. The van der Waals surface area contributed by atoms with E-state index in [1.807, 2.05) is 0 Å².